The minimum atomic E-state index is -0.0838. The van der Waals surface area contributed by atoms with Crippen LogP contribution in [0.25, 0.3) is 0 Å². The number of unbranched alkanes of at least 4 members (excludes halogenated alkanes) is 9. The first kappa shape index (κ1) is 20.0. The summed E-state index contributed by atoms with van der Waals surface area (Å²) in [6.45, 7) is 7.23. The van der Waals surface area contributed by atoms with Gasteiger partial charge in [-0.15, -0.1) is 0 Å². The lowest BCUT2D eigenvalue weighted by Gasteiger charge is -2.09. The largest absolute Gasteiger partial charge is 0.475 e. The Hall–Kier alpha value is -1.31. The highest BCUT2D eigenvalue weighted by atomic mass is 16.5. The summed E-state index contributed by atoms with van der Waals surface area (Å²) in [5, 5.41) is 0. The molecule has 0 spiro atoms. The number of benzene rings is 1. The summed E-state index contributed by atoms with van der Waals surface area (Å²) in [6, 6.07) is 8.62. The molecule has 0 atom stereocenters. The van der Waals surface area contributed by atoms with Crippen LogP contribution >= 0.6 is 0 Å². The lowest BCUT2D eigenvalue weighted by atomic mass is 10.00. The molecule has 0 N–H and O–H groups in total. The van der Waals surface area contributed by atoms with Gasteiger partial charge in [-0.1, -0.05) is 82.9 Å². The molecule has 1 aliphatic heterocycles. The number of hydrogen-bond donors (Lipinski definition) is 0. The quantitative estimate of drug-likeness (QED) is 0.387. The zero-order valence-corrected chi connectivity index (χ0v) is 16.7. The van der Waals surface area contributed by atoms with E-state index in [4.69, 9.17) is 9.73 Å². The third kappa shape index (κ3) is 7.22. The first-order valence-corrected chi connectivity index (χ1v) is 10.4. The second-order valence-corrected chi connectivity index (χ2v) is 8.11. The molecule has 1 aliphatic rings. The fourth-order valence-electron chi connectivity index (χ4n) is 3.47. The second-order valence-electron chi connectivity index (χ2n) is 8.11. The minimum Gasteiger partial charge on any atom is -0.475 e. The molecule has 0 radical (unpaired) electrons. The molecule has 1 heterocycles. The van der Waals surface area contributed by atoms with E-state index < -0.39 is 0 Å². The standard InChI is InChI=1S/C23H37NO/c1-4-5-6-7-8-9-10-11-12-13-16-20-17-14-15-18-21(20)22-24-23(2,3)19-25-22/h14-15,17-18H,4-13,16,19H2,1-3H3. The lowest BCUT2D eigenvalue weighted by Crippen LogP contribution is -2.17. The van der Waals surface area contributed by atoms with Crippen molar-refractivity contribution in [3.8, 4) is 0 Å². The fraction of sp³-hybridized carbons (Fsp3) is 0.696. The summed E-state index contributed by atoms with van der Waals surface area (Å²) in [4.78, 5) is 4.75. The van der Waals surface area contributed by atoms with Crippen LogP contribution in [0.15, 0.2) is 29.3 Å². The molecule has 0 aliphatic carbocycles. The maximum atomic E-state index is 5.84. The van der Waals surface area contributed by atoms with Gasteiger partial charge >= 0.3 is 0 Å². The minimum absolute atomic E-state index is 0.0838. The topological polar surface area (TPSA) is 21.6 Å². The average molecular weight is 344 g/mol. The van der Waals surface area contributed by atoms with Crippen molar-refractivity contribution in [1.29, 1.82) is 0 Å². The van der Waals surface area contributed by atoms with E-state index in [1.807, 2.05) is 0 Å². The first-order chi connectivity index (χ1) is 12.1. The monoisotopic (exact) mass is 343 g/mol. The van der Waals surface area contributed by atoms with Gasteiger partial charge in [0.2, 0.25) is 5.90 Å². The maximum absolute atomic E-state index is 5.84. The summed E-state index contributed by atoms with van der Waals surface area (Å²) in [7, 11) is 0. The molecule has 1 aromatic rings. The molecular formula is C23H37NO. The van der Waals surface area contributed by atoms with Crippen LogP contribution in [0.1, 0.15) is 96.1 Å². The molecule has 0 bridgehead atoms. The average Bonchev–Trinajstić information content (AvgIpc) is 2.97. The van der Waals surface area contributed by atoms with Gasteiger partial charge in [-0.3, -0.25) is 0 Å². The Kier molecular flexibility index (Phi) is 8.51. The smallest absolute Gasteiger partial charge is 0.217 e. The SMILES string of the molecule is CCCCCCCCCCCCc1ccccc1C1=NC(C)(C)CO1. The van der Waals surface area contributed by atoms with E-state index in [0.29, 0.717) is 6.61 Å². The Bertz CT molecular complexity index is 533. The number of hydrogen-bond acceptors (Lipinski definition) is 2. The molecule has 0 saturated carbocycles. The van der Waals surface area contributed by atoms with E-state index in [-0.39, 0.29) is 5.54 Å². The van der Waals surface area contributed by atoms with Crippen LogP contribution in [0, 0.1) is 0 Å². The van der Waals surface area contributed by atoms with Gasteiger partial charge in [0.1, 0.15) is 6.61 Å². The van der Waals surface area contributed by atoms with Gasteiger partial charge in [0.25, 0.3) is 0 Å². The van der Waals surface area contributed by atoms with E-state index in [1.54, 1.807) is 0 Å². The van der Waals surface area contributed by atoms with Crippen molar-refractivity contribution in [2.45, 2.75) is 96.9 Å². The second kappa shape index (κ2) is 10.6. The first-order valence-electron chi connectivity index (χ1n) is 10.4. The molecule has 0 fully saturated rings. The summed E-state index contributed by atoms with van der Waals surface area (Å²) in [5.41, 5.74) is 2.50. The third-order valence-corrected chi connectivity index (χ3v) is 5.01. The van der Waals surface area contributed by atoms with E-state index in [2.05, 4.69) is 45.0 Å². The fourth-order valence-corrected chi connectivity index (χ4v) is 3.47. The predicted octanol–water partition coefficient (Wildman–Crippen LogP) is 6.71. The van der Waals surface area contributed by atoms with Crippen LogP contribution < -0.4 is 0 Å². The lowest BCUT2D eigenvalue weighted by molar-refractivity contribution is 0.279. The van der Waals surface area contributed by atoms with Gasteiger partial charge < -0.3 is 4.74 Å². The van der Waals surface area contributed by atoms with E-state index in [9.17, 15) is 0 Å². The van der Waals surface area contributed by atoms with Crippen LogP contribution in [0.2, 0.25) is 0 Å². The van der Waals surface area contributed by atoms with Gasteiger partial charge in [0.05, 0.1) is 5.54 Å². The summed E-state index contributed by atoms with van der Waals surface area (Å²) >= 11 is 0. The molecule has 2 rings (SSSR count). The van der Waals surface area contributed by atoms with Gasteiger partial charge in [0, 0.05) is 5.56 Å². The highest BCUT2D eigenvalue weighted by Gasteiger charge is 2.27. The molecule has 1 aromatic carbocycles. The highest BCUT2D eigenvalue weighted by molar-refractivity contribution is 5.96. The molecule has 0 aromatic heterocycles. The molecule has 2 nitrogen and oxygen atoms in total. The van der Waals surface area contributed by atoms with Crippen LogP contribution in [0.5, 0.6) is 0 Å². The number of rotatable bonds is 12. The number of ether oxygens (including phenoxy) is 1. The van der Waals surface area contributed by atoms with E-state index >= 15 is 0 Å². The van der Waals surface area contributed by atoms with Crippen molar-refractivity contribution in [3.63, 3.8) is 0 Å². The Labute approximate surface area is 155 Å². The molecule has 2 heteroatoms. The van der Waals surface area contributed by atoms with Crippen molar-refractivity contribution < 1.29 is 4.74 Å². The Morgan fingerprint density at radius 3 is 2.08 bits per heavy atom. The van der Waals surface area contributed by atoms with Gasteiger partial charge in [-0.25, -0.2) is 4.99 Å². The third-order valence-electron chi connectivity index (χ3n) is 5.01. The summed E-state index contributed by atoms with van der Waals surface area (Å²) < 4.78 is 5.84. The Morgan fingerprint density at radius 1 is 0.880 bits per heavy atom. The van der Waals surface area contributed by atoms with Crippen LogP contribution in [0.4, 0.5) is 0 Å². The number of aryl methyl sites for hydroxylation is 1. The van der Waals surface area contributed by atoms with E-state index in [0.717, 1.165) is 12.3 Å². The predicted molar refractivity (Wildman–Crippen MR) is 109 cm³/mol. The number of aliphatic imine (C=N–C) groups is 1. The van der Waals surface area contributed by atoms with Gasteiger partial charge in [-0.2, -0.15) is 0 Å². The number of nitrogens with zero attached hydrogens (tertiary/aromatic N) is 1. The molecular weight excluding hydrogens is 306 g/mol. The van der Waals surface area contributed by atoms with Crippen molar-refractivity contribution in [2.24, 2.45) is 4.99 Å². The highest BCUT2D eigenvalue weighted by Crippen LogP contribution is 2.23. The van der Waals surface area contributed by atoms with Crippen molar-refractivity contribution >= 4 is 5.90 Å². The Balaban J connectivity index is 1.67. The Morgan fingerprint density at radius 2 is 1.48 bits per heavy atom. The van der Waals surface area contributed by atoms with E-state index in [1.165, 1.54) is 75.3 Å². The van der Waals surface area contributed by atoms with Crippen molar-refractivity contribution in [3.05, 3.63) is 35.4 Å². The van der Waals surface area contributed by atoms with Crippen LogP contribution in [-0.2, 0) is 11.2 Å². The molecule has 140 valence electrons. The zero-order valence-electron chi connectivity index (χ0n) is 16.7. The molecule has 0 unspecified atom stereocenters. The van der Waals surface area contributed by atoms with Gasteiger partial charge in [-0.05, 0) is 38.3 Å². The van der Waals surface area contributed by atoms with Crippen molar-refractivity contribution in [2.75, 3.05) is 6.61 Å². The van der Waals surface area contributed by atoms with Crippen LogP contribution in [0.3, 0.4) is 0 Å². The van der Waals surface area contributed by atoms with Gasteiger partial charge in [0.15, 0.2) is 0 Å². The molecule has 0 saturated heterocycles. The van der Waals surface area contributed by atoms with Crippen molar-refractivity contribution in [1.82, 2.24) is 0 Å². The van der Waals surface area contributed by atoms with Crippen LogP contribution in [-0.4, -0.2) is 18.0 Å². The normalized spacial score (nSPS) is 15.9. The summed E-state index contributed by atoms with van der Waals surface area (Å²) in [6.07, 6.45) is 15.0. The zero-order chi connectivity index (χ0) is 18.0. The summed E-state index contributed by atoms with van der Waals surface area (Å²) in [5.74, 6) is 0.840. The maximum Gasteiger partial charge on any atom is 0.217 e. The molecule has 0 amide bonds. The molecule has 25 heavy (non-hydrogen) atoms.